The van der Waals surface area contributed by atoms with Crippen molar-refractivity contribution in [2.45, 2.75) is 32.9 Å². The van der Waals surface area contributed by atoms with Crippen molar-refractivity contribution in [3.63, 3.8) is 0 Å². The molecule has 7 heteroatoms. The molecule has 1 fully saturated rings. The molecule has 0 aliphatic carbocycles. The highest BCUT2D eigenvalue weighted by Gasteiger charge is 2.29. The van der Waals surface area contributed by atoms with E-state index in [2.05, 4.69) is 15.3 Å². The summed E-state index contributed by atoms with van der Waals surface area (Å²) in [5, 5.41) is 2.71. The zero-order valence-corrected chi connectivity index (χ0v) is 14.4. The van der Waals surface area contributed by atoms with Crippen molar-refractivity contribution in [2.24, 2.45) is 0 Å². The number of pyridine rings is 1. The summed E-state index contributed by atoms with van der Waals surface area (Å²) in [6.07, 6.45) is 5.97. The van der Waals surface area contributed by atoms with Crippen LogP contribution in [0.1, 0.15) is 35.0 Å². The van der Waals surface area contributed by atoms with Gasteiger partial charge in [-0.05, 0) is 18.6 Å². The Hall–Kier alpha value is -2.83. The number of amides is 2. The highest BCUT2D eigenvalue weighted by Crippen LogP contribution is 2.21. The first kappa shape index (κ1) is 17.0. The summed E-state index contributed by atoms with van der Waals surface area (Å²) in [6.45, 7) is 5.00. The average Bonchev–Trinajstić information content (AvgIpc) is 3.22. The van der Waals surface area contributed by atoms with E-state index in [1.165, 1.54) is 6.92 Å². The summed E-state index contributed by atoms with van der Waals surface area (Å²) in [5.41, 5.74) is 2.40. The van der Waals surface area contributed by atoms with Crippen LogP contribution in [-0.2, 0) is 11.3 Å². The number of aromatic amines is 1. The molecular formula is C18H22N4O3. The normalized spacial score (nSPS) is 16.7. The molecule has 3 rings (SSSR count). The summed E-state index contributed by atoms with van der Waals surface area (Å²) < 4.78 is 6.00. The number of likely N-dealkylation sites (tertiary alicyclic amines) is 1. The summed E-state index contributed by atoms with van der Waals surface area (Å²) in [6, 6.07) is 3.61. The summed E-state index contributed by atoms with van der Waals surface area (Å²) in [5.74, 6) is 0.636. The fourth-order valence-electron chi connectivity index (χ4n) is 2.88. The monoisotopic (exact) mass is 342 g/mol. The molecular weight excluding hydrogens is 320 g/mol. The number of carbonyl (C=O) groups is 2. The van der Waals surface area contributed by atoms with E-state index in [9.17, 15) is 9.59 Å². The zero-order chi connectivity index (χ0) is 17.8. The van der Waals surface area contributed by atoms with E-state index in [1.807, 2.05) is 24.1 Å². The Morgan fingerprint density at radius 1 is 1.44 bits per heavy atom. The van der Waals surface area contributed by atoms with Crippen LogP contribution in [0.25, 0.3) is 0 Å². The molecule has 0 bridgehead atoms. The van der Waals surface area contributed by atoms with Gasteiger partial charge in [-0.2, -0.15) is 0 Å². The molecule has 2 N–H and O–H groups in total. The van der Waals surface area contributed by atoms with Gasteiger partial charge in [0, 0.05) is 44.5 Å². The van der Waals surface area contributed by atoms with Gasteiger partial charge in [-0.1, -0.05) is 0 Å². The van der Waals surface area contributed by atoms with Gasteiger partial charge in [-0.15, -0.1) is 0 Å². The lowest BCUT2D eigenvalue weighted by molar-refractivity contribution is -0.119. The lowest BCUT2D eigenvalue weighted by Gasteiger charge is -2.17. The molecule has 1 aliphatic rings. The maximum Gasteiger partial charge on any atom is 0.255 e. The van der Waals surface area contributed by atoms with E-state index in [4.69, 9.17) is 4.74 Å². The molecule has 1 aliphatic heterocycles. The molecule has 2 aromatic rings. The van der Waals surface area contributed by atoms with Crippen LogP contribution in [0, 0.1) is 6.92 Å². The Bertz CT molecular complexity index is 771. The van der Waals surface area contributed by atoms with Gasteiger partial charge in [0.25, 0.3) is 5.91 Å². The predicted octanol–water partition coefficient (Wildman–Crippen LogP) is 1.65. The topological polar surface area (TPSA) is 87.3 Å². The van der Waals surface area contributed by atoms with Crippen LogP contribution in [0.3, 0.4) is 0 Å². The number of hydrogen-bond donors (Lipinski definition) is 2. The quantitative estimate of drug-likeness (QED) is 0.865. The maximum absolute atomic E-state index is 12.5. The van der Waals surface area contributed by atoms with E-state index >= 15 is 0 Å². The van der Waals surface area contributed by atoms with Crippen LogP contribution in [0.4, 0.5) is 0 Å². The van der Waals surface area contributed by atoms with Crippen LogP contribution >= 0.6 is 0 Å². The average molecular weight is 342 g/mol. The molecule has 0 aromatic carbocycles. The second-order valence-electron chi connectivity index (χ2n) is 6.22. The molecule has 1 unspecified atom stereocenters. The number of rotatable bonds is 5. The van der Waals surface area contributed by atoms with Crippen molar-refractivity contribution in [2.75, 3.05) is 13.1 Å². The van der Waals surface area contributed by atoms with Crippen LogP contribution in [0.5, 0.6) is 5.75 Å². The fourth-order valence-corrected chi connectivity index (χ4v) is 2.88. The lowest BCUT2D eigenvalue weighted by atomic mass is 10.2. The third-order valence-electron chi connectivity index (χ3n) is 4.22. The number of aryl methyl sites for hydroxylation is 1. The number of carbonyl (C=O) groups excluding carboxylic acids is 2. The largest absolute Gasteiger partial charge is 0.488 e. The summed E-state index contributed by atoms with van der Waals surface area (Å²) in [7, 11) is 0. The third kappa shape index (κ3) is 4.17. The van der Waals surface area contributed by atoms with E-state index < -0.39 is 0 Å². The number of hydrogen-bond acceptors (Lipinski definition) is 4. The molecule has 1 atom stereocenters. The number of nitrogens with one attached hydrogen (secondary N) is 2. The van der Waals surface area contributed by atoms with Crippen LogP contribution in [0.15, 0.2) is 30.7 Å². The van der Waals surface area contributed by atoms with Gasteiger partial charge in [0.1, 0.15) is 11.9 Å². The molecule has 2 amide bonds. The van der Waals surface area contributed by atoms with Gasteiger partial charge in [-0.25, -0.2) is 0 Å². The van der Waals surface area contributed by atoms with Crippen LogP contribution in [0.2, 0.25) is 0 Å². The van der Waals surface area contributed by atoms with Crippen molar-refractivity contribution >= 4 is 11.8 Å². The molecule has 132 valence electrons. The number of aromatic nitrogens is 2. The Balaban J connectivity index is 1.58. The Morgan fingerprint density at radius 2 is 2.28 bits per heavy atom. The molecule has 2 aromatic heterocycles. The van der Waals surface area contributed by atoms with Gasteiger partial charge in [0.15, 0.2) is 0 Å². The Kier molecular flexibility index (Phi) is 5.02. The fraction of sp³-hybridized carbons (Fsp3) is 0.389. The minimum Gasteiger partial charge on any atom is -0.488 e. The van der Waals surface area contributed by atoms with E-state index in [0.29, 0.717) is 30.9 Å². The van der Waals surface area contributed by atoms with Gasteiger partial charge < -0.3 is 19.9 Å². The maximum atomic E-state index is 12.5. The van der Waals surface area contributed by atoms with E-state index in [1.54, 1.807) is 18.5 Å². The van der Waals surface area contributed by atoms with Gasteiger partial charge in [0.05, 0.1) is 24.3 Å². The first-order chi connectivity index (χ1) is 12.0. The van der Waals surface area contributed by atoms with Crippen LogP contribution in [-0.4, -0.2) is 45.9 Å². The van der Waals surface area contributed by atoms with Crippen molar-refractivity contribution in [1.29, 1.82) is 0 Å². The Labute approximate surface area is 146 Å². The second-order valence-corrected chi connectivity index (χ2v) is 6.22. The molecule has 0 spiro atoms. The highest BCUT2D eigenvalue weighted by atomic mass is 16.5. The van der Waals surface area contributed by atoms with Crippen molar-refractivity contribution in [3.05, 3.63) is 47.5 Å². The minimum atomic E-state index is -0.0990. The first-order valence-electron chi connectivity index (χ1n) is 8.31. The molecule has 0 saturated carbocycles. The van der Waals surface area contributed by atoms with Crippen molar-refractivity contribution < 1.29 is 14.3 Å². The number of H-pyrrole nitrogens is 1. The molecule has 25 heavy (non-hydrogen) atoms. The van der Waals surface area contributed by atoms with Gasteiger partial charge >= 0.3 is 0 Å². The molecule has 3 heterocycles. The lowest BCUT2D eigenvalue weighted by Crippen LogP contribution is -2.31. The SMILES string of the molecule is CC(=O)NCc1cc(OC2CCN(C(=O)c3c[nH]cc3C)C2)ccn1. The summed E-state index contributed by atoms with van der Waals surface area (Å²) >= 11 is 0. The number of nitrogens with zero attached hydrogens (tertiary/aromatic N) is 2. The Morgan fingerprint density at radius 3 is 3.00 bits per heavy atom. The van der Waals surface area contributed by atoms with Crippen molar-refractivity contribution in [1.82, 2.24) is 20.2 Å². The van der Waals surface area contributed by atoms with Crippen LogP contribution < -0.4 is 10.1 Å². The van der Waals surface area contributed by atoms with Gasteiger partial charge in [-0.3, -0.25) is 14.6 Å². The minimum absolute atomic E-state index is 0.0333. The van der Waals surface area contributed by atoms with Crippen molar-refractivity contribution in [3.8, 4) is 5.75 Å². The predicted molar refractivity (Wildman–Crippen MR) is 92.2 cm³/mol. The van der Waals surface area contributed by atoms with E-state index in [-0.39, 0.29) is 17.9 Å². The molecule has 1 saturated heterocycles. The smallest absolute Gasteiger partial charge is 0.255 e. The third-order valence-corrected chi connectivity index (χ3v) is 4.22. The zero-order valence-electron chi connectivity index (χ0n) is 14.4. The number of ether oxygens (including phenoxy) is 1. The second kappa shape index (κ2) is 7.38. The summed E-state index contributed by atoms with van der Waals surface area (Å²) in [4.78, 5) is 32.5. The molecule has 0 radical (unpaired) electrons. The first-order valence-corrected chi connectivity index (χ1v) is 8.31. The highest BCUT2D eigenvalue weighted by molar-refractivity contribution is 5.95. The van der Waals surface area contributed by atoms with E-state index in [0.717, 1.165) is 17.7 Å². The standard InChI is InChI=1S/C18H22N4O3/c1-12-8-19-10-17(12)18(24)22-6-4-16(11-22)25-15-3-5-20-14(7-15)9-21-13(2)23/h3,5,7-8,10,16,19H,4,6,9,11H2,1-2H3,(H,21,23). The molecule has 7 nitrogen and oxygen atoms in total. The van der Waals surface area contributed by atoms with Gasteiger partial charge in [0.2, 0.25) is 5.91 Å².